The summed E-state index contributed by atoms with van der Waals surface area (Å²) >= 11 is 6.09. The quantitative estimate of drug-likeness (QED) is 0.612. The lowest BCUT2D eigenvalue weighted by molar-refractivity contribution is -0.121. The monoisotopic (exact) mass is 420 g/mol. The topological polar surface area (TPSA) is 107 Å². The molecule has 2 aromatic carbocycles. The molecule has 0 unspecified atom stereocenters. The summed E-state index contributed by atoms with van der Waals surface area (Å²) in [6.45, 7) is 2.98. The third-order valence-electron chi connectivity index (χ3n) is 4.45. The third-order valence-corrected chi connectivity index (χ3v) is 5.73. The fourth-order valence-corrected chi connectivity index (χ4v) is 3.77. The molecular weight excluding hydrogens is 400 g/mol. The van der Waals surface area contributed by atoms with Gasteiger partial charge in [-0.3, -0.25) is 4.79 Å². The van der Waals surface area contributed by atoms with Crippen LogP contribution in [0, 0.1) is 0 Å². The maximum absolute atomic E-state index is 12.2. The number of primary sulfonamides is 1. The van der Waals surface area contributed by atoms with Crippen LogP contribution in [0.4, 0.5) is 0 Å². The molecule has 0 aliphatic carbocycles. The second kappa shape index (κ2) is 8.30. The summed E-state index contributed by atoms with van der Waals surface area (Å²) in [7, 11) is -3.79. The molecule has 0 bridgehead atoms. The van der Waals surface area contributed by atoms with Gasteiger partial charge in [0.2, 0.25) is 15.9 Å². The number of sulfonamides is 1. The Balaban J connectivity index is 1.71. The van der Waals surface area contributed by atoms with E-state index < -0.39 is 10.0 Å². The van der Waals surface area contributed by atoms with Gasteiger partial charge >= 0.3 is 0 Å². The predicted octanol–water partition coefficient (Wildman–Crippen LogP) is 2.61. The minimum atomic E-state index is -3.79. The average Bonchev–Trinajstić information content (AvgIpc) is 3.01. The molecule has 0 atom stereocenters. The molecule has 148 valence electrons. The highest BCUT2D eigenvalue weighted by Gasteiger charge is 2.15. The van der Waals surface area contributed by atoms with Crippen molar-refractivity contribution in [2.24, 2.45) is 5.14 Å². The van der Waals surface area contributed by atoms with Gasteiger partial charge in [0.1, 0.15) is 5.82 Å². The largest absolute Gasteiger partial charge is 0.352 e. The van der Waals surface area contributed by atoms with Gasteiger partial charge in [-0.1, -0.05) is 29.8 Å². The van der Waals surface area contributed by atoms with Gasteiger partial charge in [0, 0.05) is 31.0 Å². The third kappa shape index (κ3) is 4.52. The maximum atomic E-state index is 12.2. The van der Waals surface area contributed by atoms with Crippen LogP contribution in [0.5, 0.6) is 0 Å². The molecule has 0 radical (unpaired) electrons. The summed E-state index contributed by atoms with van der Waals surface area (Å²) in [6, 6.07) is 12.0. The number of hydrogen-bond donors (Lipinski definition) is 2. The molecule has 0 aliphatic rings. The number of carbonyl (C=O) groups excluding carboxylic acids is 1. The Hall–Kier alpha value is -2.42. The molecule has 7 nitrogen and oxygen atoms in total. The molecule has 3 N–H and O–H groups in total. The van der Waals surface area contributed by atoms with Crippen LogP contribution in [-0.4, -0.2) is 23.9 Å². The van der Waals surface area contributed by atoms with Gasteiger partial charge in [-0.2, -0.15) is 0 Å². The number of hydrogen-bond acceptors (Lipinski definition) is 4. The first-order valence-electron chi connectivity index (χ1n) is 8.81. The van der Waals surface area contributed by atoms with Crippen LogP contribution in [-0.2, 0) is 34.3 Å². The Morgan fingerprint density at radius 2 is 2.00 bits per heavy atom. The number of halogens is 1. The van der Waals surface area contributed by atoms with Crippen molar-refractivity contribution in [1.82, 2.24) is 14.9 Å². The van der Waals surface area contributed by atoms with Crippen molar-refractivity contribution in [2.45, 2.75) is 37.8 Å². The molecule has 0 saturated carbocycles. The van der Waals surface area contributed by atoms with Gasteiger partial charge in [-0.05, 0) is 36.8 Å². The number of nitrogens with one attached hydrogen (secondary N) is 1. The van der Waals surface area contributed by atoms with E-state index in [0.29, 0.717) is 30.0 Å². The Morgan fingerprint density at radius 1 is 1.25 bits per heavy atom. The number of amides is 1. The Bertz CT molecular complexity index is 1130. The van der Waals surface area contributed by atoms with Gasteiger partial charge in [0.05, 0.1) is 15.9 Å². The lowest BCUT2D eigenvalue weighted by atomic mass is 10.2. The highest BCUT2D eigenvalue weighted by molar-refractivity contribution is 7.89. The van der Waals surface area contributed by atoms with Crippen LogP contribution in [0.25, 0.3) is 11.0 Å². The van der Waals surface area contributed by atoms with Crippen molar-refractivity contribution >= 4 is 38.6 Å². The molecular formula is C19H21ClN4O3S. The first-order valence-corrected chi connectivity index (χ1v) is 10.7. The van der Waals surface area contributed by atoms with E-state index in [4.69, 9.17) is 16.7 Å². The standard InChI is InChI=1S/C19H21ClN4O3S/c1-2-24-17-8-7-14(28(21,26)27)11-16(17)23-18(24)9-10-19(25)22-12-13-5-3-4-6-15(13)20/h3-8,11H,2,9-10,12H2,1H3,(H,22,25)(H2,21,26,27). The second-order valence-electron chi connectivity index (χ2n) is 6.34. The van der Waals surface area contributed by atoms with E-state index in [1.807, 2.05) is 29.7 Å². The molecule has 1 amide bonds. The zero-order valence-corrected chi connectivity index (χ0v) is 16.9. The SMILES string of the molecule is CCn1c(CCC(=O)NCc2ccccc2Cl)nc2cc(S(N)(=O)=O)ccc21. The molecule has 0 spiro atoms. The molecule has 0 saturated heterocycles. The highest BCUT2D eigenvalue weighted by Crippen LogP contribution is 2.21. The zero-order chi connectivity index (χ0) is 20.3. The van der Waals surface area contributed by atoms with Crippen LogP contribution in [0.2, 0.25) is 5.02 Å². The van der Waals surface area contributed by atoms with Crippen LogP contribution in [0.3, 0.4) is 0 Å². The Labute approximate surface area is 168 Å². The van der Waals surface area contributed by atoms with Crippen molar-refractivity contribution in [3.05, 3.63) is 58.9 Å². The first kappa shape index (κ1) is 20.3. The molecule has 3 aromatic rings. The summed E-state index contributed by atoms with van der Waals surface area (Å²) in [5, 5.41) is 8.66. The van der Waals surface area contributed by atoms with E-state index in [1.165, 1.54) is 12.1 Å². The lowest BCUT2D eigenvalue weighted by Crippen LogP contribution is -2.23. The number of nitrogens with two attached hydrogens (primary N) is 1. The fourth-order valence-electron chi connectivity index (χ4n) is 3.03. The molecule has 0 fully saturated rings. The highest BCUT2D eigenvalue weighted by atomic mass is 35.5. The molecule has 1 heterocycles. The van der Waals surface area contributed by atoms with E-state index in [0.717, 1.165) is 16.9 Å². The van der Waals surface area contributed by atoms with Gasteiger partial charge in [-0.25, -0.2) is 18.5 Å². The number of fused-ring (bicyclic) bond motifs is 1. The van der Waals surface area contributed by atoms with E-state index in [9.17, 15) is 13.2 Å². The van der Waals surface area contributed by atoms with Crippen molar-refractivity contribution in [3.63, 3.8) is 0 Å². The summed E-state index contributed by atoms with van der Waals surface area (Å²) in [4.78, 5) is 16.7. The number of aromatic nitrogens is 2. The second-order valence-corrected chi connectivity index (χ2v) is 8.30. The van der Waals surface area contributed by atoms with Crippen LogP contribution in [0.1, 0.15) is 24.7 Å². The Kier molecular flexibility index (Phi) is 6.02. The van der Waals surface area contributed by atoms with Crippen molar-refractivity contribution in [2.75, 3.05) is 0 Å². The van der Waals surface area contributed by atoms with E-state index in [-0.39, 0.29) is 17.2 Å². The fraction of sp³-hybridized carbons (Fsp3) is 0.263. The molecule has 3 rings (SSSR count). The first-order chi connectivity index (χ1) is 13.3. The van der Waals surface area contributed by atoms with E-state index >= 15 is 0 Å². The normalized spacial score (nSPS) is 11.7. The van der Waals surface area contributed by atoms with Crippen LogP contribution >= 0.6 is 11.6 Å². The maximum Gasteiger partial charge on any atom is 0.238 e. The number of benzene rings is 2. The average molecular weight is 421 g/mol. The summed E-state index contributed by atoms with van der Waals surface area (Å²) in [6.07, 6.45) is 0.692. The molecule has 0 aliphatic heterocycles. The number of imidazole rings is 1. The number of carbonyl (C=O) groups is 1. The predicted molar refractivity (Wildman–Crippen MR) is 108 cm³/mol. The summed E-state index contributed by atoms with van der Waals surface area (Å²) < 4.78 is 25.1. The van der Waals surface area contributed by atoms with E-state index in [2.05, 4.69) is 10.3 Å². The Morgan fingerprint density at radius 3 is 2.68 bits per heavy atom. The van der Waals surface area contributed by atoms with E-state index in [1.54, 1.807) is 12.1 Å². The van der Waals surface area contributed by atoms with Gasteiger partial charge < -0.3 is 9.88 Å². The summed E-state index contributed by atoms with van der Waals surface area (Å²) in [5.41, 5.74) is 2.20. The van der Waals surface area contributed by atoms with Gasteiger partial charge in [-0.15, -0.1) is 0 Å². The minimum absolute atomic E-state index is 0.0183. The van der Waals surface area contributed by atoms with Crippen LogP contribution < -0.4 is 10.5 Å². The van der Waals surface area contributed by atoms with Crippen molar-refractivity contribution in [3.8, 4) is 0 Å². The van der Waals surface area contributed by atoms with Crippen LogP contribution in [0.15, 0.2) is 47.4 Å². The summed E-state index contributed by atoms with van der Waals surface area (Å²) in [5.74, 6) is 0.608. The minimum Gasteiger partial charge on any atom is -0.352 e. The number of aryl methyl sites for hydroxylation is 2. The zero-order valence-electron chi connectivity index (χ0n) is 15.4. The smallest absolute Gasteiger partial charge is 0.238 e. The molecule has 9 heteroatoms. The van der Waals surface area contributed by atoms with Crippen molar-refractivity contribution < 1.29 is 13.2 Å². The number of rotatable bonds is 7. The number of nitrogens with zero attached hydrogens (tertiary/aromatic N) is 2. The molecule has 28 heavy (non-hydrogen) atoms. The lowest BCUT2D eigenvalue weighted by Gasteiger charge is -2.08. The van der Waals surface area contributed by atoms with Crippen molar-refractivity contribution in [1.29, 1.82) is 0 Å². The van der Waals surface area contributed by atoms with Gasteiger partial charge in [0.25, 0.3) is 0 Å². The van der Waals surface area contributed by atoms with Gasteiger partial charge in [0.15, 0.2) is 0 Å². The molecule has 1 aromatic heterocycles.